The maximum atomic E-state index is 11.3. The smallest absolute Gasteiger partial charge is 0.308 e. The van der Waals surface area contributed by atoms with Gasteiger partial charge in [-0.3, -0.25) is 38.4 Å². The topological polar surface area (TPSA) is 210 Å². The number of esters is 8. The van der Waals surface area contributed by atoms with Gasteiger partial charge in [-0.15, -0.1) is 0 Å². The van der Waals surface area contributed by atoms with Crippen LogP contribution in [0.15, 0.2) is 0 Å². The summed E-state index contributed by atoms with van der Waals surface area (Å²) in [5.41, 5.74) is 4.46. The monoisotopic (exact) mass is 1900 g/mol. The van der Waals surface area contributed by atoms with Crippen LogP contribution in [-0.4, -0.2) is 99.1 Å². The minimum atomic E-state index is -0.105. The molecule has 133 heavy (non-hydrogen) atoms. The molecule has 0 aliphatic heterocycles. The quantitative estimate of drug-likeness (QED) is 0.0324. The Kier molecular flexibility index (Phi) is 95.6. The zero-order valence-corrected chi connectivity index (χ0v) is 101. The van der Waals surface area contributed by atoms with E-state index in [0.717, 1.165) is 88.9 Å². The number of hydrogen-bond acceptors (Lipinski definition) is 16. The van der Waals surface area contributed by atoms with Crippen LogP contribution in [0.2, 0.25) is 0 Å². The van der Waals surface area contributed by atoms with Crippen LogP contribution in [0, 0.1) is 100 Å². The van der Waals surface area contributed by atoms with E-state index in [9.17, 15) is 38.4 Å². The van der Waals surface area contributed by atoms with Gasteiger partial charge in [0.05, 0.1) is 63.2 Å². The summed E-state index contributed by atoms with van der Waals surface area (Å²) in [6.07, 6.45) is 25.8. The third-order valence-electron chi connectivity index (χ3n) is 18.3. The Hall–Kier alpha value is -4.24. The van der Waals surface area contributed by atoms with E-state index in [4.69, 9.17) is 37.9 Å². The standard InChI is InChI=1S/2C12H24O2.2C11H22O2.3C10H20O2.C9H18O2.C9H20.2C8H18.C7H16/c1-9(2)7-11(13)14-10(3)8-12(4,5)6;1-10(2)9-11(13)14-8-6-7-12(3,4)5;1-9(2)10(12)13-8-6-7-11(3,4)5;1-6-10(12)13-9(2)7-8-11(3,4)5;1-8(2)9(11)12-7-6-10(3,4)5;1-6-9(11)12-8(2)7-10(3,4)5;1-5-9(11)12-8-6-7-10(2,3)4;1-5-8(10)11-7-6-9(2,3)4;1-8(2)6-7-9(3,4)5;1-7(2)6-8(3,4)5;1-5-6-7-8(2,3)4;1-5-6-7(2,3)4/h9-10H,7-8H2,1-6H3;10H,6-9H2,1-5H3;2*9H,6-8H2,1-5H3;2*8H,6-7H2,1-5H3;5-8H2,1-4H3;5-7H2,1-4H3;8H,6-7H2,1-5H3;7H,6H2,1-5H3;5-7H2,1-4H3;5-6H2,1-4H3. The van der Waals surface area contributed by atoms with Gasteiger partial charge < -0.3 is 37.9 Å². The molecular weight excluding hydrogens is 1660 g/mol. The average molecular weight is 1910 g/mol. The minimum Gasteiger partial charge on any atom is -0.466 e. The van der Waals surface area contributed by atoms with Crippen LogP contribution in [0.1, 0.15) is 562 Å². The average Bonchev–Trinajstić information content (AvgIpc) is 0.930. The lowest BCUT2D eigenvalue weighted by Gasteiger charge is -2.23. The molecule has 0 fully saturated rings. The molecule has 0 aromatic rings. The van der Waals surface area contributed by atoms with Gasteiger partial charge in [0.2, 0.25) is 0 Å². The summed E-state index contributed by atoms with van der Waals surface area (Å²) in [7, 11) is 0. The summed E-state index contributed by atoms with van der Waals surface area (Å²) in [6.45, 7) is 124. The summed E-state index contributed by atoms with van der Waals surface area (Å²) in [5.74, 6) is 1.75. The minimum absolute atomic E-state index is 0.00497. The van der Waals surface area contributed by atoms with Crippen molar-refractivity contribution in [3.63, 3.8) is 0 Å². The lowest BCUT2D eigenvalue weighted by molar-refractivity contribution is -0.151. The van der Waals surface area contributed by atoms with Crippen LogP contribution in [0.5, 0.6) is 0 Å². The molecule has 0 amide bonds. The second kappa shape index (κ2) is 82.5. The number of hydrogen-bond donors (Lipinski definition) is 0. The zero-order valence-electron chi connectivity index (χ0n) is 101. The van der Waals surface area contributed by atoms with E-state index in [1.165, 1.54) is 51.4 Å². The van der Waals surface area contributed by atoms with Crippen molar-refractivity contribution in [1.29, 1.82) is 0 Å². The largest absolute Gasteiger partial charge is 0.466 e. The number of rotatable bonds is 36. The summed E-state index contributed by atoms with van der Waals surface area (Å²) < 4.78 is 40.7. The maximum absolute atomic E-state index is 11.3. The fourth-order valence-corrected chi connectivity index (χ4v) is 11.3. The molecule has 0 aliphatic rings. The molecular formula is C117H242O16. The Balaban J connectivity index is -0.000000121. The number of unbranched alkanes of at least 4 members (excludes halogenated alkanes) is 1. The molecule has 0 aromatic carbocycles. The van der Waals surface area contributed by atoms with Crippen molar-refractivity contribution < 1.29 is 76.3 Å². The molecule has 0 saturated heterocycles. The second-order valence-corrected chi connectivity index (χ2v) is 53.7. The van der Waals surface area contributed by atoms with Gasteiger partial charge in [0.1, 0.15) is 0 Å². The van der Waals surface area contributed by atoms with Crippen LogP contribution in [0.3, 0.4) is 0 Å². The summed E-state index contributed by atoms with van der Waals surface area (Å²) in [4.78, 5) is 87.7. The molecule has 16 nitrogen and oxygen atoms in total. The van der Waals surface area contributed by atoms with Crippen molar-refractivity contribution in [3.8, 4) is 0 Å². The van der Waals surface area contributed by atoms with E-state index in [1.807, 2.05) is 96.9 Å². The van der Waals surface area contributed by atoms with Crippen molar-refractivity contribution in [2.75, 3.05) is 33.0 Å². The third kappa shape index (κ3) is 181. The predicted octanol–water partition coefficient (Wildman–Crippen LogP) is 36.1. The normalized spacial score (nSPS) is 12.5. The Bertz CT molecular complexity index is 2720. The number of carbonyl (C=O) groups is 8. The highest BCUT2D eigenvalue weighted by atomic mass is 16.6. The van der Waals surface area contributed by atoms with Gasteiger partial charge in [0, 0.05) is 38.5 Å². The fourth-order valence-electron chi connectivity index (χ4n) is 11.3. The lowest BCUT2D eigenvalue weighted by atomic mass is 9.86. The van der Waals surface area contributed by atoms with Gasteiger partial charge >= 0.3 is 47.8 Å². The molecule has 16 heteroatoms. The second-order valence-electron chi connectivity index (χ2n) is 53.7. The first-order chi connectivity index (χ1) is 59.2. The summed E-state index contributed by atoms with van der Waals surface area (Å²) >= 11 is 0. The summed E-state index contributed by atoms with van der Waals surface area (Å²) in [6, 6.07) is 0. The van der Waals surface area contributed by atoms with Crippen LogP contribution in [-0.2, 0) is 76.3 Å². The molecule has 0 aromatic heterocycles. The Morgan fingerprint density at radius 2 is 0.444 bits per heavy atom. The van der Waals surface area contributed by atoms with Gasteiger partial charge in [-0.25, -0.2) is 0 Å². The molecule has 0 N–H and O–H groups in total. The molecule has 0 bridgehead atoms. The molecule has 0 heterocycles. The zero-order chi connectivity index (χ0) is 108. The van der Waals surface area contributed by atoms with Crippen LogP contribution in [0.4, 0.5) is 0 Å². The highest BCUT2D eigenvalue weighted by Gasteiger charge is 2.23. The van der Waals surface area contributed by atoms with Crippen LogP contribution < -0.4 is 0 Å². The summed E-state index contributed by atoms with van der Waals surface area (Å²) in [5, 5.41) is 0. The highest BCUT2D eigenvalue weighted by Crippen LogP contribution is 2.30. The molecule has 3 atom stereocenters. The van der Waals surface area contributed by atoms with E-state index in [2.05, 4.69) is 291 Å². The van der Waals surface area contributed by atoms with E-state index >= 15 is 0 Å². The Labute approximate surface area is 832 Å². The van der Waals surface area contributed by atoms with E-state index < -0.39 is 0 Å². The SMILES string of the molecule is CC(C)C(=O)OCCC(C)(C)C.CC(C)C(=O)OCCCC(C)(C)C.CC(C)CC(=O)OC(C)CC(C)(C)C.CC(C)CC(=O)OCCCC(C)(C)C.CC(C)CC(C)(C)C.CC(C)CCC(C)(C)C.CCC(=O)OC(C)CC(C)(C)C.CCC(=O)OC(C)CCC(C)(C)C.CCC(=O)OCCC(C)(C)C.CCC(=O)OCCCC(C)(C)C.CCCC(C)(C)C.CCCCC(C)(C)C. The molecule has 0 aliphatic carbocycles. The van der Waals surface area contributed by atoms with E-state index in [0.29, 0.717) is 127 Å². The first-order valence-electron chi connectivity index (χ1n) is 52.6. The van der Waals surface area contributed by atoms with Crippen molar-refractivity contribution in [2.24, 2.45) is 100 Å². The van der Waals surface area contributed by atoms with Gasteiger partial charge in [0.15, 0.2) is 0 Å². The first-order valence-corrected chi connectivity index (χ1v) is 52.6. The van der Waals surface area contributed by atoms with Gasteiger partial charge in [-0.1, -0.05) is 400 Å². The fraction of sp³-hybridized carbons (Fsp3) is 0.932. The van der Waals surface area contributed by atoms with Crippen LogP contribution >= 0.6 is 0 Å². The van der Waals surface area contributed by atoms with Crippen molar-refractivity contribution in [2.45, 2.75) is 580 Å². The van der Waals surface area contributed by atoms with Crippen molar-refractivity contribution >= 4 is 47.8 Å². The van der Waals surface area contributed by atoms with Gasteiger partial charge in [-0.05, 0) is 212 Å². The number of carbonyl (C=O) groups excluding carboxylic acids is 8. The molecule has 806 valence electrons. The maximum Gasteiger partial charge on any atom is 0.308 e. The number of ether oxygens (including phenoxy) is 8. The van der Waals surface area contributed by atoms with Crippen molar-refractivity contribution in [1.82, 2.24) is 0 Å². The predicted molar refractivity (Wildman–Crippen MR) is 578 cm³/mol. The van der Waals surface area contributed by atoms with Crippen LogP contribution in [0.25, 0.3) is 0 Å². The van der Waals surface area contributed by atoms with Crippen molar-refractivity contribution in [3.05, 3.63) is 0 Å². The lowest BCUT2D eigenvalue weighted by Crippen LogP contribution is -2.21. The molecule has 0 spiro atoms. The molecule has 3 unspecified atom stereocenters. The Morgan fingerprint density at radius 1 is 0.203 bits per heavy atom. The van der Waals surface area contributed by atoms with E-state index in [-0.39, 0.29) is 99.6 Å². The third-order valence-corrected chi connectivity index (χ3v) is 18.3. The molecule has 0 rings (SSSR count). The Morgan fingerprint density at radius 3 is 0.662 bits per heavy atom. The van der Waals surface area contributed by atoms with Gasteiger partial charge in [-0.2, -0.15) is 0 Å². The molecule has 0 radical (unpaired) electrons. The first kappa shape index (κ1) is 154. The van der Waals surface area contributed by atoms with Gasteiger partial charge in [0.25, 0.3) is 0 Å². The molecule has 0 saturated carbocycles. The van der Waals surface area contributed by atoms with E-state index in [1.54, 1.807) is 6.92 Å². The highest BCUT2D eigenvalue weighted by molar-refractivity contribution is 5.72.